The average Bonchev–Trinajstić information content (AvgIpc) is 2.86. The summed E-state index contributed by atoms with van der Waals surface area (Å²) < 4.78 is 1.86. The molecule has 1 fully saturated rings. The second-order valence-corrected chi connectivity index (χ2v) is 5.78. The van der Waals surface area contributed by atoms with Gasteiger partial charge in [0.1, 0.15) is 0 Å². The minimum atomic E-state index is 0.0640. The number of aliphatic hydroxyl groups excluding tert-OH is 1. The molecule has 1 atom stereocenters. The third-order valence-electron chi connectivity index (χ3n) is 4.25. The molecule has 1 aromatic rings. The van der Waals surface area contributed by atoms with Crippen molar-refractivity contribution in [3.05, 3.63) is 17.5 Å². The van der Waals surface area contributed by atoms with Gasteiger partial charge >= 0.3 is 0 Å². The highest BCUT2D eigenvalue weighted by atomic mass is 16.3. The molecule has 0 saturated carbocycles. The van der Waals surface area contributed by atoms with Crippen LogP contribution in [0.5, 0.6) is 0 Å². The Morgan fingerprint density at radius 3 is 3.10 bits per heavy atom. The van der Waals surface area contributed by atoms with E-state index in [1.165, 1.54) is 0 Å². The van der Waals surface area contributed by atoms with Crippen molar-refractivity contribution in [2.75, 3.05) is 26.2 Å². The van der Waals surface area contributed by atoms with E-state index in [-0.39, 0.29) is 12.5 Å². The monoisotopic (exact) mass is 294 g/mol. The summed E-state index contributed by atoms with van der Waals surface area (Å²) in [4.78, 5) is 14.5. The molecule has 0 aromatic carbocycles. The van der Waals surface area contributed by atoms with Gasteiger partial charge in [0.05, 0.1) is 11.8 Å². The second-order valence-electron chi connectivity index (χ2n) is 5.78. The maximum Gasteiger partial charge on any atom is 0.257 e. The summed E-state index contributed by atoms with van der Waals surface area (Å²) in [5.41, 5.74) is 7.12. The van der Waals surface area contributed by atoms with Gasteiger partial charge in [-0.3, -0.25) is 9.48 Å². The number of carbonyl (C=O) groups is 1. The van der Waals surface area contributed by atoms with Gasteiger partial charge in [-0.1, -0.05) is 0 Å². The fourth-order valence-corrected chi connectivity index (χ4v) is 2.96. The Kier molecular flexibility index (Phi) is 5.76. The number of hydrogen-bond donors (Lipinski definition) is 2. The maximum absolute atomic E-state index is 12.6. The maximum atomic E-state index is 12.6. The molecule has 0 radical (unpaired) electrons. The Bertz CT molecular complexity index is 470. The first kappa shape index (κ1) is 16.0. The topological polar surface area (TPSA) is 84.4 Å². The van der Waals surface area contributed by atoms with Crippen molar-refractivity contribution in [2.45, 2.75) is 39.2 Å². The van der Waals surface area contributed by atoms with E-state index in [4.69, 9.17) is 10.8 Å². The van der Waals surface area contributed by atoms with Crippen LogP contribution in [0.15, 0.2) is 6.20 Å². The number of aryl methyl sites for hydroxylation is 1. The predicted molar refractivity (Wildman–Crippen MR) is 81.0 cm³/mol. The van der Waals surface area contributed by atoms with E-state index in [0.717, 1.165) is 51.0 Å². The van der Waals surface area contributed by atoms with Gasteiger partial charge < -0.3 is 15.7 Å². The van der Waals surface area contributed by atoms with E-state index in [1.54, 1.807) is 6.20 Å². The average molecular weight is 294 g/mol. The van der Waals surface area contributed by atoms with Crippen molar-refractivity contribution in [1.82, 2.24) is 14.7 Å². The molecule has 1 saturated heterocycles. The number of carbonyl (C=O) groups excluding carboxylic acids is 1. The molecule has 0 bridgehead atoms. The summed E-state index contributed by atoms with van der Waals surface area (Å²) in [6.07, 6.45) is 5.41. The molecular formula is C15H26N4O2. The molecule has 6 nitrogen and oxygen atoms in total. The first-order valence-corrected chi connectivity index (χ1v) is 7.80. The molecule has 1 unspecified atom stereocenters. The van der Waals surface area contributed by atoms with Gasteiger partial charge in [-0.15, -0.1) is 0 Å². The summed E-state index contributed by atoms with van der Waals surface area (Å²) in [5.74, 6) is 0.481. The lowest BCUT2D eigenvalue weighted by Crippen LogP contribution is -2.40. The summed E-state index contributed by atoms with van der Waals surface area (Å²) in [5, 5.41) is 13.4. The number of hydrogen-bond acceptors (Lipinski definition) is 4. The zero-order valence-electron chi connectivity index (χ0n) is 12.8. The lowest BCUT2D eigenvalue weighted by Gasteiger charge is -2.32. The van der Waals surface area contributed by atoms with Gasteiger partial charge in [-0.25, -0.2) is 0 Å². The number of rotatable bonds is 6. The van der Waals surface area contributed by atoms with Crippen LogP contribution < -0.4 is 5.73 Å². The van der Waals surface area contributed by atoms with Gasteiger partial charge in [-0.2, -0.15) is 5.10 Å². The Labute approximate surface area is 125 Å². The van der Waals surface area contributed by atoms with E-state index in [0.29, 0.717) is 18.0 Å². The molecule has 118 valence electrons. The number of likely N-dealkylation sites (tertiary alicyclic amines) is 1. The molecule has 6 heteroatoms. The van der Waals surface area contributed by atoms with Crippen molar-refractivity contribution in [3.8, 4) is 0 Å². The smallest absolute Gasteiger partial charge is 0.257 e. The molecule has 0 aliphatic carbocycles. The van der Waals surface area contributed by atoms with Crippen LogP contribution in [0.2, 0.25) is 0 Å². The quantitative estimate of drug-likeness (QED) is 0.812. The third kappa shape index (κ3) is 3.83. The van der Waals surface area contributed by atoms with Crippen LogP contribution in [0.3, 0.4) is 0 Å². The molecule has 2 rings (SSSR count). The molecule has 21 heavy (non-hydrogen) atoms. The van der Waals surface area contributed by atoms with E-state index >= 15 is 0 Å². The Balaban J connectivity index is 2.04. The van der Waals surface area contributed by atoms with Crippen LogP contribution in [0.1, 0.15) is 41.7 Å². The first-order chi connectivity index (χ1) is 10.2. The van der Waals surface area contributed by atoms with E-state index in [2.05, 4.69) is 5.10 Å². The predicted octanol–water partition coefficient (Wildman–Crippen LogP) is 0.775. The van der Waals surface area contributed by atoms with E-state index in [1.807, 2.05) is 16.5 Å². The van der Waals surface area contributed by atoms with Crippen molar-refractivity contribution in [3.63, 3.8) is 0 Å². The fraction of sp³-hybridized carbons (Fsp3) is 0.733. The van der Waals surface area contributed by atoms with Crippen LogP contribution in [-0.4, -0.2) is 51.9 Å². The molecule has 3 N–H and O–H groups in total. The number of aliphatic hydroxyl groups is 1. The van der Waals surface area contributed by atoms with Gasteiger partial charge in [0.2, 0.25) is 0 Å². The van der Waals surface area contributed by atoms with Gasteiger partial charge in [0, 0.05) is 31.9 Å². The highest BCUT2D eigenvalue weighted by Gasteiger charge is 2.26. The summed E-state index contributed by atoms with van der Waals surface area (Å²) in [6.45, 7) is 5.05. The van der Waals surface area contributed by atoms with E-state index < -0.39 is 0 Å². The van der Waals surface area contributed by atoms with Crippen molar-refractivity contribution >= 4 is 5.91 Å². The molecule has 1 aromatic heterocycles. The zero-order chi connectivity index (χ0) is 15.2. The van der Waals surface area contributed by atoms with Gasteiger partial charge in [-0.05, 0) is 45.1 Å². The molecule has 0 spiro atoms. The molecule has 1 aliphatic rings. The molecule has 1 aliphatic heterocycles. The highest BCUT2D eigenvalue weighted by molar-refractivity contribution is 5.95. The van der Waals surface area contributed by atoms with Crippen LogP contribution >= 0.6 is 0 Å². The van der Waals surface area contributed by atoms with Gasteiger partial charge in [0.25, 0.3) is 5.91 Å². The first-order valence-electron chi connectivity index (χ1n) is 7.80. The van der Waals surface area contributed by atoms with Crippen LogP contribution in [0, 0.1) is 12.8 Å². The number of piperidine rings is 1. The summed E-state index contributed by atoms with van der Waals surface area (Å²) >= 11 is 0. The van der Waals surface area contributed by atoms with Crippen LogP contribution in [0.25, 0.3) is 0 Å². The Hall–Kier alpha value is -1.40. The normalized spacial score (nSPS) is 19.0. The van der Waals surface area contributed by atoms with Crippen molar-refractivity contribution in [2.24, 2.45) is 11.7 Å². The summed E-state index contributed by atoms with van der Waals surface area (Å²) in [7, 11) is 0. The lowest BCUT2D eigenvalue weighted by molar-refractivity contribution is 0.0652. The number of nitrogens with two attached hydrogens (primary N) is 1. The number of nitrogens with zero attached hydrogens (tertiary/aromatic N) is 3. The Morgan fingerprint density at radius 1 is 1.57 bits per heavy atom. The van der Waals surface area contributed by atoms with E-state index in [9.17, 15) is 4.79 Å². The van der Waals surface area contributed by atoms with Gasteiger partial charge in [0.15, 0.2) is 0 Å². The third-order valence-corrected chi connectivity index (χ3v) is 4.25. The minimum Gasteiger partial charge on any atom is -0.396 e. The fourth-order valence-electron chi connectivity index (χ4n) is 2.96. The van der Waals surface area contributed by atoms with Crippen molar-refractivity contribution in [1.29, 1.82) is 0 Å². The Morgan fingerprint density at radius 2 is 2.38 bits per heavy atom. The van der Waals surface area contributed by atoms with Crippen LogP contribution in [0.4, 0.5) is 0 Å². The standard InChI is InChI=1S/C15H26N4O2/c1-12-14(10-17-19(12)8-3-6-16)15(21)18-7-2-4-13(11-18)5-9-20/h10,13,20H,2-9,11,16H2,1H3. The number of aromatic nitrogens is 2. The summed E-state index contributed by atoms with van der Waals surface area (Å²) in [6, 6.07) is 0. The van der Waals surface area contributed by atoms with Crippen LogP contribution in [-0.2, 0) is 6.54 Å². The molecule has 1 amide bonds. The SMILES string of the molecule is Cc1c(C(=O)N2CCCC(CCO)C2)cnn1CCCN. The minimum absolute atomic E-state index is 0.0640. The largest absolute Gasteiger partial charge is 0.396 e. The lowest BCUT2D eigenvalue weighted by atomic mass is 9.95. The second kappa shape index (κ2) is 7.56. The number of amides is 1. The molecular weight excluding hydrogens is 268 g/mol. The molecule has 2 heterocycles. The highest BCUT2D eigenvalue weighted by Crippen LogP contribution is 2.22. The zero-order valence-corrected chi connectivity index (χ0v) is 12.8. The van der Waals surface area contributed by atoms with Crippen molar-refractivity contribution < 1.29 is 9.90 Å².